The molecule has 1 amide bonds. The molecular weight excluding hydrogens is 484 g/mol. The molecule has 0 N–H and O–H groups in total. The van der Waals surface area contributed by atoms with Crippen LogP contribution in [0.15, 0.2) is 115 Å². The Bertz CT molecular complexity index is 1540. The third-order valence-electron chi connectivity index (χ3n) is 7.37. The second kappa shape index (κ2) is 11.6. The lowest BCUT2D eigenvalue weighted by molar-refractivity contribution is -0.135. The molecule has 1 aromatic heterocycles. The number of hydrogen-bond donors (Lipinski definition) is 0. The van der Waals surface area contributed by atoms with Crippen molar-refractivity contribution in [3.8, 4) is 11.5 Å². The zero-order valence-corrected chi connectivity index (χ0v) is 21.9. The molecule has 1 saturated heterocycles. The molecule has 39 heavy (non-hydrogen) atoms. The number of carbonyl (C=O) groups is 1. The second-order valence-corrected chi connectivity index (χ2v) is 9.95. The summed E-state index contributed by atoms with van der Waals surface area (Å²) in [6, 6.07) is 36.9. The van der Waals surface area contributed by atoms with E-state index in [4.69, 9.17) is 9.47 Å². The van der Waals surface area contributed by atoms with Crippen LogP contribution in [0.2, 0.25) is 0 Å². The van der Waals surface area contributed by atoms with Crippen LogP contribution in [0.25, 0.3) is 10.9 Å². The van der Waals surface area contributed by atoms with E-state index in [0.29, 0.717) is 32.7 Å². The molecule has 0 radical (unpaired) electrons. The Kier molecular flexibility index (Phi) is 7.41. The maximum absolute atomic E-state index is 13.6. The van der Waals surface area contributed by atoms with Crippen molar-refractivity contribution in [2.75, 3.05) is 26.3 Å². The fourth-order valence-corrected chi connectivity index (χ4v) is 5.41. The Morgan fingerprint density at radius 2 is 1.49 bits per heavy atom. The molecule has 0 spiro atoms. The summed E-state index contributed by atoms with van der Waals surface area (Å²) in [7, 11) is 0. The molecule has 0 bridgehead atoms. The summed E-state index contributed by atoms with van der Waals surface area (Å²) in [6.07, 6.45) is 2.62. The summed E-state index contributed by atoms with van der Waals surface area (Å²) in [5.41, 5.74) is 4.62. The molecule has 196 valence electrons. The Morgan fingerprint density at radius 1 is 0.795 bits per heavy atom. The standard InChI is InChI=1S/C34H32N2O3/c37-34(35-18-20-38-21-19-35)23-31(27-12-9-15-29(22-27)39-28-13-5-2-6-14-28)32-25-36(24-26-10-3-1-4-11-26)33-17-8-7-16-30(32)33/h1-17,22,25,31H,18-21,23-24H2/t31-/m0/s1. The number of benzene rings is 4. The number of hydrogen-bond acceptors (Lipinski definition) is 3. The molecule has 1 aliphatic heterocycles. The Balaban J connectivity index is 1.40. The maximum Gasteiger partial charge on any atom is 0.223 e. The van der Waals surface area contributed by atoms with E-state index in [-0.39, 0.29) is 11.8 Å². The van der Waals surface area contributed by atoms with Gasteiger partial charge in [-0.05, 0) is 47.0 Å². The van der Waals surface area contributed by atoms with Gasteiger partial charge in [0.05, 0.1) is 13.2 Å². The van der Waals surface area contributed by atoms with Gasteiger partial charge in [0.25, 0.3) is 0 Å². The summed E-state index contributed by atoms with van der Waals surface area (Å²) in [5.74, 6) is 1.57. The molecule has 5 heteroatoms. The van der Waals surface area contributed by atoms with Crippen LogP contribution < -0.4 is 4.74 Å². The predicted octanol–water partition coefficient (Wildman–Crippen LogP) is 6.86. The third kappa shape index (κ3) is 5.74. The summed E-state index contributed by atoms with van der Waals surface area (Å²) in [6.45, 7) is 3.22. The van der Waals surface area contributed by atoms with E-state index in [0.717, 1.165) is 34.7 Å². The molecule has 0 unspecified atom stereocenters. The highest BCUT2D eigenvalue weighted by atomic mass is 16.5. The fraction of sp³-hybridized carbons (Fsp3) is 0.206. The van der Waals surface area contributed by atoms with Crippen LogP contribution in [0.3, 0.4) is 0 Å². The average Bonchev–Trinajstić information content (AvgIpc) is 3.35. The first kappa shape index (κ1) is 25.0. The number of rotatable bonds is 8. The number of fused-ring (bicyclic) bond motifs is 1. The van der Waals surface area contributed by atoms with Gasteiger partial charge in [-0.3, -0.25) is 4.79 Å². The summed E-state index contributed by atoms with van der Waals surface area (Å²) < 4.78 is 14.0. The molecule has 1 aliphatic rings. The van der Waals surface area contributed by atoms with Gasteiger partial charge in [0, 0.05) is 49.1 Å². The zero-order chi connectivity index (χ0) is 26.4. The van der Waals surface area contributed by atoms with Crippen molar-refractivity contribution < 1.29 is 14.3 Å². The highest BCUT2D eigenvalue weighted by Gasteiger charge is 2.26. The number of carbonyl (C=O) groups excluding carboxylic acids is 1. The smallest absolute Gasteiger partial charge is 0.223 e. The molecule has 0 saturated carbocycles. The van der Waals surface area contributed by atoms with E-state index in [9.17, 15) is 4.79 Å². The van der Waals surface area contributed by atoms with Crippen molar-refractivity contribution >= 4 is 16.8 Å². The van der Waals surface area contributed by atoms with Crippen LogP contribution in [0.4, 0.5) is 0 Å². The quantitative estimate of drug-likeness (QED) is 0.226. The minimum Gasteiger partial charge on any atom is -0.457 e. The van der Waals surface area contributed by atoms with Crippen molar-refractivity contribution in [3.63, 3.8) is 0 Å². The maximum atomic E-state index is 13.6. The van der Waals surface area contributed by atoms with Gasteiger partial charge in [0.2, 0.25) is 5.91 Å². The average molecular weight is 517 g/mol. The minimum absolute atomic E-state index is 0.124. The van der Waals surface area contributed by atoms with Crippen LogP contribution in [-0.2, 0) is 16.1 Å². The van der Waals surface area contributed by atoms with Gasteiger partial charge in [0.1, 0.15) is 11.5 Å². The molecule has 6 rings (SSSR count). The molecular formula is C34H32N2O3. The van der Waals surface area contributed by atoms with E-state index in [1.165, 1.54) is 10.9 Å². The van der Waals surface area contributed by atoms with Crippen molar-refractivity contribution in [1.82, 2.24) is 9.47 Å². The second-order valence-electron chi connectivity index (χ2n) is 9.95. The van der Waals surface area contributed by atoms with E-state index >= 15 is 0 Å². The summed E-state index contributed by atoms with van der Waals surface area (Å²) in [4.78, 5) is 15.5. The van der Waals surface area contributed by atoms with E-state index in [1.807, 2.05) is 53.4 Å². The largest absolute Gasteiger partial charge is 0.457 e. The van der Waals surface area contributed by atoms with Gasteiger partial charge in [-0.25, -0.2) is 0 Å². The SMILES string of the molecule is O=C(C[C@@H](c1cccc(Oc2ccccc2)c1)c1cn(Cc2ccccc2)c2ccccc12)N1CCOCC1. The van der Waals surface area contributed by atoms with E-state index < -0.39 is 0 Å². The normalized spacial score (nSPS) is 14.3. The van der Waals surface area contributed by atoms with Gasteiger partial charge in [-0.2, -0.15) is 0 Å². The van der Waals surface area contributed by atoms with Crippen LogP contribution in [0, 0.1) is 0 Å². The minimum atomic E-state index is -0.124. The van der Waals surface area contributed by atoms with E-state index in [2.05, 4.69) is 71.4 Å². The van der Waals surface area contributed by atoms with Crippen molar-refractivity contribution in [3.05, 3.63) is 132 Å². The summed E-state index contributed by atoms with van der Waals surface area (Å²) in [5, 5.41) is 1.17. The number of morpholine rings is 1. The molecule has 2 heterocycles. The first-order valence-electron chi connectivity index (χ1n) is 13.5. The fourth-order valence-electron chi connectivity index (χ4n) is 5.41. The first-order chi connectivity index (χ1) is 19.2. The number of amides is 1. The molecule has 0 aliphatic carbocycles. The Hall–Kier alpha value is -4.35. The molecule has 1 fully saturated rings. The lowest BCUT2D eigenvalue weighted by Gasteiger charge is -2.29. The van der Waals surface area contributed by atoms with Crippen LogP contribution in [-0.4, -0.2) is 41.7 Å². The van der Waals surface area contributed by atoms with Gasteiger partial charge < -0.3 is 18.9 Å². The number of nitrogens with zero attached hydrogens (tertiary/aromatic N) is 2. The predicted molar refractivity (Wildman–Crippen MR) is 154 cm³/mol. The van der Waals surface area contributed by atoms with Gasteiger partial charge >= 0.3 is 0 Å². The topological polar surface area (TPSA) is 43.7 Å². The van der Waals surface area contributed by atoms with Crippen molar-refractivity contribution in [2.24, 2.45) is 0 Å². The Labute approximate surface area is 229 Å². The van der Waals surface area contributed by atoms with Crippen LogP contribution >= 0.6 is 0 Å². The monoisotopic (exact) mass is 516 g/mol. The molecule has 1 atom stereocenters. The number of para-hydroxylation sites is 2. The van der Waals surface area contributed by atoms with Crippen LogP contribution in [0.5, 0.6) is 11.5 Å². The molecule has 5 aromatic rings. The number of aromatic nitrogens is 1. The van der Waals surface area contributed by atoms with Crippen molar-refractivity contribution in [2.45, 2.75) is 18.9 Å². The lowest BCUT2D eigenvalue weighted by Crippen LogP contribution is -2.41. The van der Waals surface area contributed by atoms with E-state index in [1.54, 1.807) is 0 Å². The molecule has 4 aromatic carbocycles. The van der Waals surface area contributed by atoms with Crippen LogP contribution in [0.1, 0.15) is 29.0 Å². The lowest BCUT2D eigenvalue weighted by atomic mass is 9.87. The zero-order valence-electron chi connectivity index (χ0n) is 21.9. The highest BCUT2D eigenvalue weighted by molar-refractivity contribution is 5.87. The van der Waals surface area contributed by atoms with Gasteiger partial charge in [0.15, 0.2) is 0 Å². The highest BCUT2D eigenvalue weighted by Crippen LogP contribution is 2.37. The third-order valence-corrected chi connectivity index (χ3v) is 7.37. The van der Waals surface area contributed by atoms with Gasteiger partial charge in [-0.1, -0.05) is 78.9 Å². The van der Waals surface area contributed by atoms with Gasteiger partial charge in [-0.15, -0.1) is 0 Å². The Morgan fingerprint density at radius 3 is 2.28 bits per heavy atom. The first-order valence-corrected chi connectivity index (χ1v) is 13.5. The number of ether oxygens (including phenoxy) is 2. The molecule has 5 nitrogen and oxygen atoms in total. The van der Waals surface area contributed by atoms with Crippen molar-refractivity contribution in [1.29, 1.82) is 0 Å². The summed E-state index contributed by atoms with van der Waals surface area (Å²) >= 11 is 0.